The van der Waals surface area contributed by atoms with Crippen molar-refractivity contribution < 1.29 is 19.1 Å². The highest BCUT2D eigenvalue weighted by molar-refractivity contribution is 5.87. The monoisotopic (exact) mass is 325 g/mol. The third-order valence-corrected chi connectivity index (χ3v) is 3.83. The molecule has 0 bridgehead atoms. The molecule has 5 heteroatoms. The minimum atomic E-state index is -0.592. The molecule has 3 rings (SSSR count). The first-order chi connectivity index (χ1) is 11.7. The molecule has 1 heterocycles. The summed E-state index contributed by atoms with van der Waals surface area (Å²) in [5.41, 5.74) is 1.49. The SMILES string of the molecule is CCCNC(=O)COC(=O)C1c2ccccc2Oc2ccccc21. The predicted molar refractivity (Wildman–Crippen MR) is 89.1 cm³/mol. The number of benzene rings is 2. The van der Waals surface area contributed by atoms with Crippen LogP contribution in [0.5, 0.6) is 11.5 Å². The molecule has 0 aromatic heterocycles. The summed E-state index contributed by atoms with van der Waals surface area (Å²) in [4.78, 5) is 24.3. The van der Waals surface area contributed by atoms with Gasteiger partial charge in [-0.15, -0.1) is 0 Å². The number of rotatable bonds is 5. The maximum absolute atomic E-state index is 12.6. The quantitative estimate of drug-likeness (QED) is 0.858. The number of hydrogen-bond acceptors (Lipinski definition) is 4. The van der Waals surface area contributed by atoms with Crippen LogP contribution in [0.2, 0.25) is 0 Å². The van der Waals surface area contributed by atoms with Gasteiger partial charge in [-0.05, 0) is 18.6 Å². The van der Waals surface area contributed by atoms with Crippen LogP contribution in [-0.4, -0.2) is 25.0 Å². The molecule has 0 atom stereocenters. The Labute approximate surface area is 140 Å². The van der Waals surface area contributed by atoms with Crippen molar-refractivity contribution in [1.82, 2.24) is 5.32 Å². The smallest absolute Gasteiger partial charge is 0.318 e. The van der Waals surface area contributed by atoms with E-state index < -0.39 is 11.9 Å². The van der Waals surface area contributed by atoms with Gasteiger partial charge in [0, 0.05) is 17.7 Å². The van der Waals surface area contributed by atoms with Gasteiger partial charge in [0.2, 0.25) is 0 Å². The highest BCUT2D eigenvalue weighted by Gasteiger charge is 2.33. The Morgan fingerprint density at radius 3 is 2.21 bits per heavy atom. The molecule has 0 fully saturated rings. The minimum Gasteiger partial charge on any atom is -0.457 e. The molecule has 2 aromatic carbocycles. The molecule has 1 aliphatic heterocycles. The molecule has 0 unspecified atom stereocenters. The number of carbonyl (C=O) groups excluding carboxylic acids is 2. The Morgan fingerprint density at radius 2 is 1.62 bits per heavy atom. The van der Waals surface area contributed by atoms with E-state index in [-0.39, 0.29) is 12.5 Å². The van der Waals surface area contributed by atoms with Crippen LogP contribution < -0.4 is 10.1 Å². The van der Waals surface area contributed by atoms with E-state index in [1.807, 2.05) is 55.5 Å². The van der Waals surface area contributed by atoms with Gasteiger partial charge in [0.05, 0.1) is 0 Å². The van der Waals surface area contributed by atoms with Gasteiger partial charge in [0.25, 0.3) is 5.91 Å². The standard InChI is InChI=1S/C19H19NO4/c1-2-11-20-17(21)12-23-19(22)18-13-7-3-5-9-15(13)24-16-10-6-4-8-14(16)18/h3-10,18H,2,11-12H2,1H3,(H,20,21). The summed E-state index contributed by atoms with van der Waals surface area (Å²) in [5.74, 6) is -0.0732. The highest BCUT2D eigenvalue weighted by Crippen LogP contribution is 2.44. The summed E-state index contributed by atoms with van der Waals surface area (Å²) >= 11 is 0. The number of amides is 1. The fraction of sp³-hybridized carbons (Fsp3) is 0.263. The van der Waals surface area contributed by atoms with Gasteiger partial charge >= 0.3 is 5.97 Å². The van der Waals surface area contributed by atoms with E-state index in [2.05, 4.69) is 5.32 Å². The van der Waals surface area contributed by atoms with Crippen molar-refractivity contribution in [1.29, 1.82) is 0 Å². The zero-order valence-corrected chi connectivity index (χ0v) is 13.5. The summed E-state index contributed by atoms with van der Waals surface area (Å²) in [6, 6.07) is 14.7. The normalized spacial score (nSPS) is 12.5. The topological polar surface area (TPSA) is 64.6 Å². The molecule has 24 heavy (non-hydrogen) atoms. The van der Waals surface area contributed by atoms with E-state index in [1.54, 1.807) is 0 Å². The predicted octanol–water partition coefficient (Wildman–Crippen LogP) is 2.99. The molecule has 124 valence electrons. The second kappa shape index (κ2) is 7.17. The lowest BCUT2D eigenvalue weighted by atomic mass is 9.88. The minimum absolute atomic E-state index is 0.277. The van der Waals surface area contributed by atoms with E-state index in [9.17, 15) is 9.59 Å². The third-order valence-electron chi connectivity index (χ3n) is 3.83. The summed E-state index contributed by atoms with van der Waals surface area (Å²) < 4.78 is 11.1. The number of ether oxygens (including phenoxy) is 2. The average molecular weight is 325 g/mol. The van der Waals surface area contributed by atoms with Crippen molar-refractivity contribution in [3.63, 3.8) is 0 Å². The lowest BCUT2D eigenvalue weighted by molar-refractivity contribution is -0.149. The van der Waals surface area contributed by atoms with Gasteiger partial charge in [-0.25, -0.2) is 0 Å². The highest BCUT2D eigenvalue weighted by atomic mass is 16.5. The average Bonchev–Trinajstić information content (AvgIpc) is 2.62. The molecule has 1 amide bonds. The van der Waals surface area contributed by atoms with Gasteiger partial charge in [-0.1, -0.05) is 43.3 Å². The molecular weight excluding hydrogens is 306 g/mol. The van der Waals surface area contributed by atoms with Crippen LogP contribution in [0.1, 0.15) is 30.4 Å². The second-order valence-electron chi connectivity index (χ2n) is 5.57. The van der Waals surface area contributed by atoms with Gasteiger partial charge in [0.15, 0.2) is 6.61 Å². The molecule has 0 aliphatic carbocycles. The Balaban J connectivity index is 1.82. The maximum Gasteiger partial charge on any atom is 0.318 e. The molecule has 0 saturated heterocycles. The second-order valence-corrected chi connectivity index (χ2v) is 5.57. The van der Waals surface area contributed by atoms with Gasteiger partial charge in [0.1, 0.15) is 17.4 Å². The Morgan fingerprint density at radius 1 is 1.04 bits per heavy atom. The van der Waals surface area contributed by atoms with E-state index in [0.717, 1.165) is 17.5 Å². The van der Waals surface area contributed by atoms with Gasteiger partial charge in [-0.2, -0.15) is 0 Å². The summed E-state index contributed by atoms with van der Waals surface area (Å²) in [6.07, 6.45) is 0.834. The fourth-order valence-electron chi connectivity index (χ4n) is 2.70. The zero-order chi connectivity index (χ0) is 16.9. The van der Waals surface area contributed by atoms with Crippen molar-refractivity contribution in [3.05, 3.63) is 59.7 Å². The number of nitrogens with one attached hydrogen (secondary N) is 1. The zero-order valence-electron chi connectivity index (χ0n) is 13.5. The van der Waals surface area contributed by atoms with E-state index in [4.69, 9.17) is 9.47 Å². The lowest BCUT2D eigenvalue weighted by Crippen LogP contribution is -2.31. The Kier molecular flexibility index (Phi) is 4.79. The summed E-state index contributed by atoms with van der Waals surface area (Å²) in [6.45, 7) is 2.25. The van der Waals surface area contributed by atoms with Crippen molar-refractivity contribution in [2.75, 3.05) is 13.2 Å². The Hall–Kier alpha value is -2.82. The van der Waals surface area contributed by atoms with E-state index in [0.29, 0.717) is 18.0 Å². The summed E-state index contributed by atoms with van der Waals surface area (Å²) in [7, 11) is 0. The van der Waals surface area contributed by atoms with Crippen LogP contribution in [0.4, 0.5) is 0 Å². The van der Waals surface area contributed by atoms with Crippen LogP contribution >= 0.6 is 0 Å². The first-order valence-corrected chi connectivity index (χ1v) is 7.99. The molecule has 5 nitrogen and oxygen atoms in total. The van der Waals surface area contributed by atoms with E-state index in [1.165, 1.54) is 0 Å². The van der Waals surface area contributed by atoms with Crippen LogP contribution in [-0.2, 0) is 14.3 Å². The number of carbonyl (C=O) groups is 2. The largest absolute Gasteiger partial charge is 0.457 e. The molecular formula is C19H19NO4. The molecule has 1 N–H and O–H groups in total. The first kappa shape index (κ1) is 16.1. The number of para-hydroxylation sites is 2. The maximum atomic E-state index is 12.6. The van der Waals surface area contributed by atoms with Crippen molar-refractivity contribution in [2.24, 2.45) is 0 Å². The van der Waals surface area contributed by atoms with Crippen molar-refractivity contribution in [3.8, 4) is 11.5 Å². The molecule has 1 aliphatic rings. The number of fused-ring (bicyclic) bond motifs is 2. The van der Waals surface area contributed by atoms with Crippen LogP contribution in [0.15, 0.2) is 48.5 Å². The van der Waals surface area contributed by atoms with Gasteiger partial charge < -0.3 is 14.8 Å². The van der Waals surface area contributed by atoms with Crippen LogP contribution in [0.25, 0.3) is 0 Å². The molecule has 2 aromatic rings. The molecule has 0 spiro atoms. The number of hydrogen-bond donors (Lipinski definition) is 1. The lowest BCUT2D eigenvalue weighted by Gasteiger charge is -2.26. The Bertz CT molecular complexity index is 711. The fourth-order valence-corrected chi connectivity index (χ4v) is 2.70. The van der Waals surface area contributed by atoms with E-state index >= 15 is 0 Å². The van der Waals surface area contributed by atoms with Crippen LogP contribution in [0.3, 0.4) is 0 Å². The van der Waals surface area contributed by atoms with Crippen molar-refractivity contribution in [2.45, 2.75) is 19.3 Å². The van der Waals surface area contributed by atoms with Gasteiger partial charge in [-0.3, -0.25) is 9.59 Å². The molecule has 0 radical (unpaired) electrons. The molecule has 0 saturated carbocycles. The third kappa shape index (κ3) is 3.25. The van der Waals surface area contributed by atoms with Crippen molar-refractivity contribution >= 4 is 11.9 Å². The summed E-state index contributed by atoms with van der Waals surface area (Å²) in [5, 5.41) is 2.69. The van der Waals surface area contributed by atoms with Crippen LogP contribution in [0, 0.1) is 0 Å². The first-order valence-electron chi connectivity index (χ1n) is 7.99. The number of esters is 1.